The van der Waals surface area contributed by atoms with Crippen LogP contribution in [0.25, 0.3) is 0 Å². The van der Waals surface area contributed by atoms with Gasteiger partial charge in [-0.25, -0.2) is 0 Å². The lowest BCUT2D eigenvalue weighted by Crippen LogP contribution is -2.31. The predicted octanol–water partition coefficient (Wildman–Crippen LogP) is 1.97. The summed E-state index contributed by atoms with van der Waals surface area (Å²) >= 11 is 0. The Morgan fingerprint density at radius 2 is 2.00 bits per heavy atom. The molecular weight excluding hydrogens is 252 g/mol. The van der Waals surface area contributed by atoms with Gasteiger partial charge in [-0.2, -0.15) is 5.26 Å². The summed E-state index contributed by atoms with van der Waals surface area (Å²) in [6.45, 7) is 1.62. The van der Waals surface area contributed by atoms with Gasteiger partial charge in [0.05, 0.1) is 30.4 Å². The summed E-state index contributed by atoms with van der Waals surface area (Å²) in [5.74, 6) is 0. The molecule has 0 aromatic heterocycles. The van der Waals surface area contributed by atoms with Gasteiger partial charge in [0.15, 0.2) is 0 Å². The average Bonchev–Trinajstić information content (AvgIpc) is 2.99. The third-order valence-electron chi connectivity index (χ3n) is 3.62. The molecule has 0 saturated heterocycles. The highest BCUT2D eigenvalue weighted by Crippen LogP contribution is 2.20. The van der Waals surface area contributed by atoms with E-state index in [0.29, 0.717) is 31.4 Å². The van der Waals surface area contributed by atoms with Crippen LogP contribution < -0.4 is 5.32 Å². The Morgan fingerprint density at radius 1 is 1.30 bits per heavy atom. The van der Waals surface area contributed by atoms with Gasteiger partial charge in [-0.05, 0) is 30.5 Å². The zero-order chi connectivity index (χ0) is 14.2. The fourth-order valence-electron chi connectivity index (χ4n) is 2.44. The Kier molecular flexibility index (Phi) is 6.00. The van der Waals surface area contributed by atoms with Crippen LogP contribution in [0.15, 0.2) is 24.3 Å². The number of benzene rings is 1. The van der Waals surface area contributed by atoms with Gasteiger partial charge in [-0.3, -0.25) is 0 Å². The van der Waals surface area contributed by atoms with Gasteiger partial charge in [-0.1, -0.05) is 25.0 Å². The number of hydrogen-bond donors (Lipinski definition) is 2. The second kappa shape index (κ2) is 8.01. The third kappa shape index (κ3) is 4.93. The minimum atomic E-state index is -0.464. The molecule has 0 bridgehead atoms. The van der Waals surface area contributed by atoms with Crippen LogP contribution in [0, 0.1) is 11.3 Å². The summed E-state index contributed by atoms with van der Waals surface area (Å²) in [6.07, 6.45) is 4.64. The smallest absolute Gasteiger partial charge is 0.0991 e. The molecule has 1 aliphatic carbocycles. The molecule has 1 atom stereocenters. The highest BCUT2D eigenvalue weighted by Gasteiger charge is 2.16. The molecule has 1 unspecified atom stereocenters. The fraction of sp³-hybridized carbons (Fsp3) is 0.562. The van der Waals surface area contributed by atoms with Crippen LogP contribution in [-0.2, 0) is 11.3 Å². The molecule has 0 aliphatic heterocycles. The fourth-order valence-corrected chi connectivity index (χ4v) is 2.44. The first kappa shape index (κ1) is 15.0. The van der Waals surface area contributed by atoms with Crippen LogP contribution in [0.2, 0.25) is 0 Å². The Labute approximate surface area is 120 Å². The van der Waals surface area contributed by atoms with Gasteiger partial charge in [0.2, 0.25) is 0 Å². The molecule has 0 radical (unpaired) electrons. The van der Waals surface area contributed by atoms with Crippen molar-refractivity contribution < 1.29 is 9.84 Å². The molecular formula is C16H22N2O2. The molecule has 108 valence electrons. The van der Waals surface area contributed by atoms with E-state index in [1.807, 2.05) is 12.1 Å². The van der Waals surface area contributed by atoms with E-state index >= 15 is 0 Å². The zero-order valence-electron chi connectivity index (χ0n) is 11.7. The predicted molar refractivity (Wildman–Crippen MR) is 77.1 cm³/mol. The second-order valence-electron chi connectivity index (χ2n) is 5.33. The maximum absolute atomic E-state index is 9.84. The molecule has 1 fully saturated rings. The lowest BCUT2D eigenvalue weighted by Gasteiger charge is -2.16. The molecule has 0 amide bonds. The number of ether oxygens (including phenoxy) is 1. The molecule has 2 N–H and O–H groups in total. The molecule has 4 nitrogen and oxygen atoms in total. The highest BCUT2D eigenvalue weighted by atomic mass is 16.5. The van der Waals surface area contributed by atoms with Crippen molar-refractivity contribution in [2.24, 2.45) is 0 Å². The Bertz CT molecular complexity index is 433. The topological polar surface area (TPSA) is 65.3 Å². The van der Waals surface area contributed by atoms with Crippen LogP contribution in [0.3, 0.4) is 0 Å². The molecule has 20 heavy (non-hydrogen) atoms. The van der Waals surface area contributed by atoms with E-state index in [4.69, 9.17) is 10.00 Å². The van der Waals surface area contributed by atoms with Gasteiger partial charge in [0.1, 0.15) is 0 Å². The molecule has 1 aliphatic rings. The van der Waals surface area contributed by atoms with E-state index in [2.05, 4.69) is 11.4 Å². The number of aliphatic hydroxyl groups is 1. The Morgan fingerprint density at radius 3 is 2.65 bits per heavy atom. The normalized spacial score (nSPS) is 17.0. The molecule has 1 aromatic rings. The number of aliphatic hydroxyl groups excluding tert-OH is 1. The van der Waals surface area contributed by atoms with E-state index < -0.39 is 6.10 Å². The average molecular weight is 274 g/mol. The first-order chi connectivity index (χ1) is 9.78. The van der Waals surface area contributed by atoms with Crippen LogP contribution in [0.1, 0.15) is 36.8 Å². The Hall–Kier alpha value is -1.41. The minimum Gasteiger partial charge on any atom is -0.389 e. The zero-order valence-corrected chi connectivity index (χ0v) is 11.7. The van der Waals surface area contributed by atoms with Crippen molar-refractivity contribution in [3.05, 3.63) is 35.4 Å². The molecule has 2 rings (SSSR count). The van der Waals surface area contributed by atoms with Crippen molar-refractivity contribution in [1.29, 1.82) is 5.26 Å². The van der Waals surface area contributed by atoms with Crippen LogP contribution in [0.4, 0.5) is 0 Å². The van der Waals surface area contributed by atoms with E-state index in [-0.39, 0.29) is 0 Å². The highest BCUT2D eigenvalue weighted by molar-refractivity contribution is 5.31. The maximum atomic E-state index is 9.84. The van der Waals surface area contributed by atoms with Crippen molar-refractivity contribution in [1.82, 2.24) is 5.32 Å². The number of nitriles is 1. The monoisotopic (exact) mass is 274 g/mol. The first-order valence-electron chi connectivity index (χ1n) is 7.27. The summed E-state index contributed by atoms with van der Waals surface area (Å²) in [7, 11) is 0. The third-order valence-corrected chi connectivity index (χ3v) is 3.62. The lowest BCUT2D eigenvalue weighted by atomic mass is 10.1. The van der Waals surface area contributed by atoms with Gasteiger partial charge in [0, 0.05) is 13.1 Å². The van der Waals surface area contributed by atoms with E-state index in [0.717, 1.165) is 18.4 Å². The number of rotatable bonds is 7. The quantitative estimate of drug-likeness (QED) is 0.798. The lowest BCUT2D eigenvalue weighted by molar-refractivity contribution is -0.00549. The molecule has 0 spiro atoms. The van der Waals surface area contributed by atoms with Crippen LogP contribution in [0.5, 0.6) is 0 Å². The SMILES string of the molecule is N#Cc1ccc(CNCC(O)COC2CCCC2)cc1. The van der Waals surface area contributed by atoms with Crippen LogP contribution >= 0.6 is 0 Å². The van der Waals surface area contributed by atoms with Crippen molar-refractivity contribution in [2.75, 3.05) is 13.2 Å². The summed E-state index contributed by atoms with van der Waals surface area (Å²) in [4.78, 5) is 0. The number of hydrogen-bond acceptors (Lipinski definition) is 4. The summed E-state index contributed by atoms with van der Waals surface area (Å²) in [6, 6.07) is 9.55. The Balaban J connectivity index is 1.60. The van der Waals surface area contributed by atoms with Crippen molar-refractivity contribution in [3.8, 4) is 6.07 Å². The van der Waals surface area contributed by atoms with E-state index in [1.165, 1.54) is 12.8 Å². The van der Waals surface area contributed by atoms with Crippen LogP contribution in [-0.4, -0.2) is 30.5 Å². The molecule has 1 saturated carbocycles. The number of nitrogens with one attached hydrogen (secondary N) is 1. The summed E-state index contributed by atoms with van der Waals surface area (Å²) in [5.41, 5.74) is 1.77. The van der Waals surface area contributed by atoms with Gasteiger partial charge < -0.3 is 15.2 Å². The standard InChI is InChI=1S/C16H22N2O2/c17-9-13-5-7-14(8-6-13)10-18-11-15(19)12-20-16-3-1-2-4-16/h5-8,15-16,18-19H,1-4,10-12H2. The first-order valence-corrected chi connectivity index (χ1v) is 7.27. The van der Waals surface area contributed by atoms with Crippen molar-refractivity contribution in [2.45, 2.75) is 44.4 Å². The van der Waals surface area contributed by atoms with Gasteiger partial charge in [0.25, 0.3) is 0 Å². The van der Waals surface area contributed by atoms with E-state index in [1.54, 1.807) is 12.1 Å². The molecule has 4 heteroatoms. The molecule has 0 heterocycles. The minimum absolute atomic E-state index is 0.350. The van der Waals surface area contributed by atoms with Crippen molar-refractivity contribution >= 4 is 0 Å². The van der Waals surface area contributed by atoms with E-state index in [9.17, 15) is 5.11 Å². The summed E-state index contributed by atoms with van der Waals surface area (Å²) < 4.78 is 5.67. The molecule has 1 aromatic carbocycles. The number of nitrogens with zero attached hydrogens (tertiary/aromatic N) is 1. The van der Waals surface area contributed by atoms with Gasteiger partial charge in [-0.15, -0.1) is 0 Å². The van der Waals surface area contributed by atoms with Gasteiger partial charge >= 0.3 is 0 Å². The largest absolute Gasteiger partial charge is 0.389 e. The maximum Gasteiger partial charge on any atom is 0.0991 e. The second-order valence-corrected chi connectivity index (χ2v) is 5.33. The van der Waals surface area contributed by atoms with Crippen molar-refractivity contribution in [3.63, 3.8) is 0 Å². The summed E-state index contributed by atoms with van der Waals surface area (Å²) in [5, 5.41) is 21.8.